The van der Waals surface area contributed by atoms with E-state index in [0.29, 0.717) is 29.2 Å². The van der Waals surface area contributed by atoms with Gasteiger partial charge in [0.2, 0.25) is 5.91 Å². The monoisotopic (exact) mass is 251 g/mol. The Kier molecular flexibility index (Phi) is 4.95. The van der Waals surface area contributed by atoms with Crippen molar-refractivity contribution >= 4 is 23.2 Å². The van der Waals surface area contributed by atoms with Crippen LogP contribution in [0.3, 0.4) is 0 Å². The zero-order valence-electron chi connectivity index (χ0n) is 9.53. The Balaban J connectivity index is 2.79. The maximum absolute atomic E-state index is 11.7. The lowest BCUT2D eigenvalue weighted by atomic mass is 10.1. The summed E-state index contributed by atoms with van der Waals surface area (Å²) in [7, 11) is 0. The Bertz CT molecular complexity index is 450. The second-order valence-electron chi connectivity index (χ2n) is 3.64. The molecular formula is C12H14ClN3O. The molecule has 3 N–H and O–H groups in total. The number of nitrogens with one attached hydrogen (secondary N) is 1. The number of nitriles is 1. The minimum absolute atomic E-state index is 0.129. The summed E-state index contributed by atoms with van der Waals surface area (Å²) in [5, 5.41) is 11.8. The number of nitrogens with zero attached hydrogens (tertiary/aromatic N) is 1. The topological polar surface area (TPSA) is 78.9 Å². The van der Waals surface area contributed by atoms with Crippen molar-refractivity contribution in [1.29, 1.82) is 5.26 Å². The van der Waals surface area contributed by atoms with Crippen molar-refractivity contribution in [1.82, 2.24) is 0 Å². The van der Waals surface area contributed by atoms with Gasteiger partial charge in [-0.1, -0.05) is 18.5 Å². The zero-order valence-corrected chi connectivity index (χ0v) is 10.3. The molecule has 1 aromatic rings. The maximum Gasteiger partial charge on any atom is 0.228 e. The molecule has 1 atom stereocenters. The van der Waals surface area contributed by atoms with Gasteiger partial charge >= 0.3 is 0 Å². The fourth-order valence-electron chi connectivity index (χ4n) is 1.39. The van der Waals surface area contributed by atoms with Gasteiger partial charge in [-0.25, -0.2) is 0 Å². The Morgan fingerprint density at radius 1 is 1.65 bits per heavy atom. The van der Waals surface area contributed by atoms with Crippen LogP contribution < -0.4 is 11.1 Å². The van der Waals surface area contributed by atoms with Gasteiger partial charge in [0.05, 0.1) is 16.5 Å². The zero-order chi connectivity index (χ0) is 12.8. The molecule has 0 aromatic heterocycles. The molecule has 4 nitrogen and oxygen atoms in total. The van der Waals surface area contributed by atoms with Crippen LogP contribution in [0.15, 0.2) is 18.2 Å². The molecule has 0 spiro atoms. The highest BCUT2D eigenvalue weighted by Gasteiger charge is 2.14. The highest BCUT2D eigenvalue weighted by molar-refractivity contribution is 6.32. The molecule has 0 aliphatic rings. The van der Waals surface area contributed by atoms with Crippen LogP contribution in [-0.4, -0.2) is 12.5 Å². The molecule has 1 amide bonds. The fourth-order valence-corrected chi connectivity index (χ4v) is 1.61. The first-order chi connectivity index (χ1) is 8.12. The third-order valence-electron chi connectivity index (χ3n) is 2.51. The molecule has 0 bridgehead atoms. The van der Waals surface area contributed by atoms with E-state index < -0.39 is 0 Å². The number of hydrogen-bond donors (Lipinski definition) is 2. The average Bonchev–Trinajstić information content (AvgIpc) is 2.31. The normalized spacial score (nSPS) is 11.6. The van der Waals surface area contributed by atoms with Crippen LogP contribution in [0.5, 0.6) is 0 Å². The molecule has 1 aromatic carbocycles. The summed E-state index contributed by atoms with van der Waals surface area (Å²) < 4.78 is 0. The van der Waals surface area contributed by atoms with E-state index in [2.05, 4.69) is 5.32 Å². The van der Waals surface area contributed by atoms with Gasteiger partial charge in [0, 0.05) is 12.2 Å². The van der Waals surface area contributed by atoms with Gasteiger partial charge < -0.3 is 11.1 Å². The first-order valence-electron chi connectivity index (χ1n) is 5.33. The number of anilines is 1. The molecule has 0 radical (unpaired) electrons. The van der Waals surface area contributed by atoms with Gasteiger partial charge in [0.1, 0.15) is 6.07 Å². The molecule has 5 heteroatoms. The van der Waals surface area contributed by atoms with Crippen LogP contribution in [0.2, 0.25) is 5.02 Å². The summed E-state index contributed by atoms with van der Waals surface area (Å²) in [4.78, 5) is 11.7. The standard InChI is InChI=1S/C12H14ClN3O/c1-2-8(6-14)12(17)16-10-4-3-9(7-15)11(13)5-10/h3-5,8H,2,6,14H2,1H3,(H,16,17). The molecule has 0 aliphatic carbocycles. The van der Waals surface area contributed by atoms with Crippen molar-refractivity contribution in [2.24, 2.45) is 11.7 Å². The van der Waals surface area contributed by atoms with E-state index in [1.54, 1.807) is 18.2 Å². The maximum atomic E-state index is 11.7. The molecule has 17 heavy (non-hydrogen) atoms. The van der Waals surface area contributed by atoms with E-state index in [1.165, 1.54) is 0 Å². The Hall–Kier alpha value is -1.57. The molecule has 1 rings (SSSR count). The van der Waals surface area contributed by atoms with Crippen molar-refractivity contribution in [3.05, 3.63) is 28.8 Å². The van der Waals surface area contributed by atoms with E-state index in [-0.39, 0.29) is 11.8 Å². The smallest absolute Gasteiger partial charge is 0.228 e. The molecule has 0 saturated carbocycles. The van der Waals surface area contributed by atoms with Gasteiger partial charge in [0.15, 0.2) is 0 Å². The summed E-state index contributed by atoms with van der Waals surface area (Å²) in [5.74, 6) is -0.333. The molecule has 0 heterocycles. The van der Waals surface area contributed by atoms with Crippen LogP contribution in [-0.2, 0) is 4.79 Å². The van der Waals surface area contributed by atoms with Crippen molar-refractivity contribution in [3.63, 3.8) is 0 Å². The molecule has 0 aliphatic heterocycles. The summed E-state index contributed by atoms with van der Waals surface area (Å²) in [6.07, 6.45) is 0.687. The lowest BCUT2D eigenvalue weighted by Gasteiger charge is -2.12. The summed E-state index contributed by atoms with van der Waals surface area (Å²) in [6, 6.07) is 6.73. The van der Waals surface area contributed by atoms with Crippen LogP contribution in [0.4, 0.5) is 5.69 Å². The van der Waals surface area contributed by atoms with Gasteiger partial charge in [-0.3, -0.25) is 4.79 Å². The van der Waals surface area contributed by atoms with Gasteiger partial charge in [-0.15, -0.1) is 0 Å². The van der Waals surface area contributed by atoms with Crippen LogP contribution in [0.25, 0.3) is 0 Å². The number of hydrogen-bond acceptors (Lipinski definition) is 3. The number of benzene rings is 1. The minimum atomic E-state index is -0.204. The summed E-state index contributed by atoms with van der Waals surface area (Å²) in [6.45, 7) is 2.22. The SMILES string of the molecule is CCC(CN)C(=O)Nc1ccc(C#N)c(Cl)c1. The Morgan fingerprint density at radius 3 is 2.82 bits per heavy atom. The number of carbonyl (C=O) groups excluding carboxylic acids is 1. The lowest BCUT2D eigenvalue weighted by molar-refractivity contribution is -0.119. The second kappa shape index (κ2) is 6.24. The fraction of sp³-hybridized carbons (Fsp3) is 0.333. The largest absolute Gasteiger partial charge is 0.330 e. The van der Waals surface area contributed by atoms with Crippen molar-refractivity contribution < 1.29 is 4.79 Å². The predicted molar refractivity (Wildman–Crippen MR) is 67.6 cm³/mol. The highest BCUT2D eigenvalue weighted by Crippen LogP contribution is 2.20. The second-order valence-corrected chi connectivity index (χ2v) is 4.04. The summed E-state index contributed by atoms with van der Waals surface area (Å²) in [5.41, 5.74) is 6.44. The van der Waals surface area contributed by atoms with E-state index in [9.17, 15) is 4.79 Å². The van der Waals surface area contributed by atoms with E-state index in [4.69, 9.17) is 22.6 Å². The first kappa shape index (κ1) is 13.5. The Labute approximate surface area is 105 Å². The average molecular weight is 252 g/mol. The van der Waals surface area contributed by atoms with Crippen LogP contribution in [0, 0.1) is 17.2 Å². The lowest BCUT2D eigenvalue weighted by Crippen LogP contribution is -2.28. The van der Waals surface area contributed by atoms with Crippen molar-refractivity contribution in [2.45, 2.75) is 13.3 Å². The van der Waals surface area contributed by atoms with Crippen molar-refractivity contribution in [3.8, 4) is 6.07 Å². The number of rotatable bonds is 4. The number of nitrogens with two attached hydrogens (primary N) is 1. The number of carbonyl (C=O) groups is 1. The third-order valence-corrected chi connectivity index (χ3v) is 2.82. The van der Waals surface area contributed by atoms with Gasteiger partial charge in [-0.05, 0) is 24.6 Å². The van der Waals surface area contributed by atoms with Gasteiger partial charge in [0.25, 0.3) is 0 Å². The number of halogens is 1. The van der Waals surface area contributed by atoms with Crippen LogP contribution in [0.1, 0.15) is 18.9 Å². The molecular weight excluding hydrogens is 238 g/mol. The summed E-state index contributed by atoms with van der Waals surface area (Å²) >= 11 is 5.86. The quantitative estimate of drug-likeness (QED) is 0.860. The predicted octanol–water partition coefficient (Wildman–Crippen LogP) is 2.14. The number of amides is 1. The van der Waals surface area contributed by atoms with E-state index >= 15 is 0 Å². The highest BCUT2D eigenvalue weighted by atomic mass is 35.5. The molecule has 90 valence electrons. The van der Waals surface area contributed by atoms with Gasteiger partial charge in [-0.2, -0.15) is 5.26 Å². The molecule has 0 fully saturated rings. The van der Waals surface area contributed by atoms with Crippen molar-refractivity contribution in [2.75, 3.05) is 11.9 Å². The molecule has 1 unspecified atom stereocenters. The third kappa shape index (κ3) is 3.45. The van der Waals surface area contributed by atoms with E-state index in [1.807, 2.05) is 13.0 Å². The first-order valence-corrected chi connectivity index (χ1v) is 5.70. The van der Waals surface area contributed by atoms with Crippen LogP contribution >= 0.6 is 11.6 Å². The Morgan fingerprint density at radius 2 is 2.35 bits per heavy atom. The van der Waals surface area contributed by atoms with E-state index in [0.717, 1.165) is 0 Å². The minimum Gasteiger partial charge on any atom is -0.330 e. The molecule has 0 saturated heterocycles.